The largest absolute Gasteiger partial charge is 0.468 e. The average Bonchev–Trinajstić information content (AvgIpc) is 3.08. The molecule has 0 amide bonds. The zero-order valence-corrected chi connectivity index (χ0v) is 10.7. The Bertz CT molecular complexity index is 482. The molecule has 1 N–H and O–H groups in total. The van der Waals surface area contributed by atoms with Crippen molar-refractivity contribution >= 4 is 0 Å². The first-order chi connectivity index (χ1) is 8.83. The van der Waals surface area contributed by atoms with Crippen molar-refractivity contribution in [2.24, 2.45) is 5.92 Å². The number of hydrogen-bond acceptors (Lipinski definition) is 2. The Morgan fingerprint density at radius 3 is 2.61 bits per heavy atom. The number of rotatable bonds is 5. The molecule has 3 rings (SSSR count). The van der Waals surface area contributed by atoms with Crippen molar-refractivity contribution in [1.29, 1.82) is 0 Å². The van der Waals surface area contributed by atoms with Gasteiger partial charge < -0.3 is 9.73 Å². The second kappa shape index (κ2) is 4.99. The van der Waals surface area contributed by atoms with Crippen molar-refractivity contribution in [3.05, 3.63) is 59.5 Å². The summed E-state index contributed by atoms with van der Waals surface area (Å²) < 4.78 is 5.38. The maximum Gasteiger partial charge on any atom is 0.117 e. The molecule has 2 aromatic rings. The van der Waals surface area contributed by atoms with Crippen LogP contribution in [-0.2, 0) is 6.54 Å². The Labute approximate surface area is 108 Å². The van der Waals surface area contributed by atoms with Gasteiger partial charge in [0.2, 0.25) is 0 Å². The molecule has 0 aliphatic heterocycles. The predicted octanol–water partition coefficient (Wildman–Crippen LogP) is 3.83. The van der Waals surface area contributed by atoms with Crippen molar-refractivity contribution in [3.8, 4) is 0 Å². The van der Waals surface area contributed by atoms with Crippen LogP contribution in [0, 0.1) is 12.8 Å². The van der Waals surface area contributed by atoms with Crippen molar-refractivity contribution < 1.29 is 4.42 Å². The number of benzene rings is 1. The smallest absolute Gasteiger partial charge is 0.117 e. The SMILES string of the molecule is Cc1ccc(C(NCc2ccco2)C2CC2)cc1. The maximum absolute atomic E-state index is 5.38. The minimum absolute atomic E-state index is 0.468. The van der Waals surface area contributed by atoms with Crippen LogP contribution in [0.5, 0.6) is 0 Å². The van der Waals surface area contributed by atoms with E-state index in [1.165, 1.54) is 24.0 Å². The first-order valence-electron chi connectivity index (χ1n) is 6.65. The van der Waals surface area contributed by atoms with Crippen LogP contribution in [-0.4, -0.2) is 0 Å². The van der Waals surface area contributed by atoms with Crippen LogP contribution in [0.25, 0.3) is 0 Å². The summed E-state index contributed by atoms with van der Waals surface area (Å²) in [5, 5.41) is 3.63. The molecule has 0 saturated heterocycles. The van der Waals surface area contributed by atoms with Gasteiger partial charge in [0.1, 0.15) is 5.76 Å². The van der Waals surface area contributed by atoms with Crippen LogP contribution in [0.2, 0.25) is 0 Å². The highest BCUT2D eigenvalue weighted by atomic mass is 16.3. The average molecular weight is 241 g/mol. The molecule has 1 fully saturated rings. The van der Waals surface area contributed by atoms with E-state index < -0.39 is 0 Å². The van der Waals surface area contributed by atoms with E-state index >= 15 is 0 Å². The van der Waals surface area contributed by atoms with Crippen molar-refractivity contribution in [3.63, 3.8) is 0 Å². The van der Waals surface area contributed by atoms with E-state index in [-0.39, 0.29) is 0 Å². The highest BCUT2D eigenvalue weighted by molar-refractivity contribution is 5.25. The minimum atomic E-state index is 0.468. The fraction of sp³-hybridized carbons (Fsp3) is 0.375. The lowest BCUT2D eigenvalue weighted by atomic mass is 10.0. The highest BCUT2D eigenvalue weighted by Crippen LogP contribution is 2.41. The van der Waals surface area contributed by atoms with Crippen molar-refractivity contribution in [2.75, 3.05) is 0 Å². The molecule has 0 bridgehead atoms. The summed E-state index contributed by atoms with van der Waals surface area (Å²) in [6, 6.07) is 13.3. The van der Waals surface area contributed by atoms with E-state index in [9.17, 15) is 0 Å². The number of nitrogens with one attached hydrogen (secondary N) is 1. The monoisotopic (exact) mass is 241 g/mol. The number of furan rings is 1. The molecule has 94 valence electrons. The van der Waals surface area contributed by atoms with Gasteiger partial charge in [0, 0.05) is 6.04 Å². The van der Waals surface area contributed by atoms with Crippen molar-refractivity contribution in [1.82, 2.24) is 5.32 Å². The van der Waals surface area contributed by atoms with Gasteiger partial charge in [-0.15, -0.1) is 0 Å². The van der Waals surface area contributed by atoms with Gasteiger partial charge >= 0.3 is 0 Å². The molecule has 1 aromatic carbocycles. The fourth-order valence-corrected chi connectivity index (χ4v) is 2.38. The van der Waals surface area contributed by atoms with E-state index in [1.54, 1.807) is 6.26 Å². The summed E-state index contributed by atoms with van der Waals surface area (Å²) in [4.78, 5) is 0. The highest BCUT2D eigenvalue weighted by Gasteiger charge is 2.31. The van der Waals surface area contributed by atoms with E-state index in [0.717, 1.165) is 18.2 Å². The minimum Gasteiger partial charge on any atom is -0.468 e. The van der Waals surface area contributed by atoms with Crippen LogP contribution in [0.1, 0.15) is 35.8 Å². The van der Waals surface area contributed by atoms with E-state index in [4.69, 9.17) is 4.42 Å². The molecule has 2 nitrogen and oxygen atoms in total. The van der Waals surface area contributed by atoms with Crippen LogP contribution in [0.15, 0.2) is 47.1 Å². The summed E-state index contributed by atoms with van der Waals surface area (Å²) >= 11 is 0. The van der Waals surface area contributed by atoms with Gasteiger partial charge in [-0.05, 0) is 43.4 Å². The molecular weight excluding hydrogens is 222 g/mol. The Balaban J connectivity index is 1.70. The van der Waals surface area contributed by atoms with Gasteiger partial charge in [-0.2, -0.15) is 0 Å². The normalized spacial score (nSPS) is 16.7. The van der Waals surface area contributed by atoms with Gasteiger partial charge in [0.15, 0.2) is 0 Å². The van der Waals surface area contributed by atoms with Crippen LogP contribution in [0.4, 0.5) is 0 Å². The number of hydrogen-bond donors (Lipinski definition) is 1. The molecule has 1 aromatic heterocycles. The summed E-state index contributed by atoms with van der Waals surface area (Å²) in [5.74, 6) is 1.80. The first-order valence-corrected chi connectivity index (χ1v) is 6.65. The lowest BCUT2D eigenvalue weighted by Crippen LogP contribution is -2.22. The van der Waals surface area contributed by atoms with E-state index in [2.05, 4.69) is 36.5 Å². The second-order valence-corrected chi connectivity index (χ2v) is 5.19. The lowest BCUT2D eigenvalue weighted by Gasteiger charge is -2.18. The Morgan fingerprint density at radius 1 is 1.22 bits per heavy atom. The van der Waals surface area contributed by atoms with Crippen molar-refractivity contribution in [2.45, 2.75) is 32.4 Å². The summed E-state index contributed by atoms with van der Waals surface area (Å²) in [7, 11) is 0. The third-order valence-corrected chi connectivity index (χ3v) is 3.61. The summed E-state index contributed by atoms with van der Waals surface area (Å²) in [6.07, 6.45) is 4.41. The third kappa shape index (κ3) is 2.65. The molecule has 2 heteroatoms. The standard InChI is InChI=1S/C16H19NO/c1-12-4-6-13(7-5-12)16(14-8-9-14)17-11-15-3-2-10-18-15/h2-7,10,14,16-17H,8-9,11H2,1H3. The first kappa shape index (κ1) is 11.5. The van der Waals surface area contributed by atoms with Crippen LogP contribution >= 0.6 is 0 Å². The maximum atomic E-state index is 5.38. The molecule has 0 spiro atoms. The topological polar surface area (TPSA) is 25.2 Å². The number of aryl methyl sites for hydroxylation is 1. The summed E-state index contributed by atoms with van der Waals surface area (Å²) in [5.41, 5.74) is 2.72. The summed E-state index contributed by atoms with van der Waals surface area (Å²) in [6.45, 7) is 2.94. The molecule has 1 saturated carbocycles. The Morgan fingerprint density at radius 2 is 2.00 bits per heavy atom. The van der Waals surface area contributed by atoms with E-state index in [1.807, 2.05) is 12.1 Å². The zero-order valence-electron chi connectivity index (χ0n) is 10.7. The third-order valence-electron chi connectivity index (χ3n) is 3.61. The Hall–Kier alpha value is -1.54. The molecule has 1 aliphatic rings. The molecule has 0 radical (unpaired) electrons. The quantitative estimate of drug-likeness (QED) is 0.860. The van der Waals surface area contributed by atoms with Gasteiger partial charge in [-0.1, -0.05) is 29.8 Å². The molecular formula is C16H19NO. The molecule has 1 unspecified atom stereocenters. The molecule has 1 heterocycles. The van der Waals surface area contributed by atoms with Gasteiger partial charge in [-0.25, -0.2) is 0 Å². The van der Waals surface area contributed by atoms with Gasteiger partial charge in [0.05, 0.1) is 12.8 Å². The lowest BCUT2D eigenvalue weighted by molar-refractivity contribution is 0.426. The van der Waals surface area contributed by atoms with Gasteiger partial charge in [-0.3, -0.25) is 0 Å². The fourth-order valence-electron chi connectivity index (χ4n) is 2.38. The van der Waals surface area contributed by atoms with Gasteiger partial charge in [0.25, 0.3) is 0 Å². The predicted molar refractivity (Wildman–Crippen MR) is 72.2 cm³/mol. The molecule has 1 atom stereocenters. The zero-order chi connectivity index (χ0) is 12.4. The Kier molecular flexibility index (Phi) is 3.20. The van der Waals surface area contributed by atoms with E-state index in [0.29, 0.717) is 6.04 Å². The van der Waals surface area contributed by atoms with Crippen LogP contribution in [0.3, 0.4) is 0 Å². The second-order valence-electron chi connectivity index (χ2n) is 5.19. The van der Waals surface area contributed by atoms with Crippen LogP contribution < -0.4 is 5.32 Å². The molecule has 18 heavy (non-hydrogen) atoms. The molecule has 1 aliphatic carbocycles.